The van der Waals surface area contributed by atoms with E-state index < -0.39 is 0 Å². The van der Waals surface area contributed by atoms with Gasteiger partial charge in [-0.1, -0.05) is 29.8 Å². The van der Waals surface area contributed by atoms with E-state index in [0.717, 1.165) is 11.3 Å². The molecule has 3 aromatic rings. The van der Waals surface area contributed by atoms with Crippen molar-refractivity contribution in [3.63, 3.8) is 0 Å². The number of hydrogen-bond donors (Lipinski definition) is 2. The van der Waals surface area contributed by atoms with Crippen LogP contribution in [0.5, 0.6) is 0 Å². The number of aryl methyl sites for hydroxylation is 1. The molecule has 126 valence electrons. The summed E-state index contributed by atoms with van der Waals surface area (Å²) in [6.07, 6.45) is 5.05. The number of carbonyl (C=O) groups is 1. The second-order valence-corrected chi connectivity index (χ2v) is 5.81. The van der Waals surface area contributed by atoms with Crippen molar-refractivity contribution in [1.82, 2.24) is 15.3 Å². The number of amides is 1. The average molecular weight is 332 g/mol. The lowest BCUT2D eigenvalue weighted by Gasteiger charge is -2.09. The van der Waals surface area contributed by atoms with Crippen LogP contribution in [0, 0.1) is 6.92 Å². The summed E-state index contributed by atoms with van der Waals surface area (Å²) in [5, 5.41) is 6.20. The number of pyridine rings is 2. The number of carbonyl (C=O) groups excluding carboxylic acids is 1. The molecule has 25 heavy (non-hydrogen) atoms. The van der Waals surface area contributed by atoms with Crippen LogP contribution in [-0.4, -0.2) is 15.9 Å². The fourth-order valence-electron chi connectivity index (χ4n) is 2.46. The second-order valence-electron chi connectivity index (χ2n) is 5.81. The lowest BCUT2D eigenvalue weighted by molar-refractivity contribution is 0.0946. The van der Waals surface area contributed by atoms with Gasteiger partial charge in [0.05, 0.1) is 0 Å². The summed E-state index contributed by atoms with van der Waals surface area (Å²) in [5.74, 6) is -0.198. The van der Waals surface area contributed by atoms with Gasteiger partial charge in [0.2, 0.25) is 0 Å². The summed E-state index contributed by atoms with van der Waals surface area (Å²) in [6.45, 7) is 3.22. The smallest absolute Gasteiger partial charge is 0.270 e. The van der Waals surface area contributed by atoms with Crippen LogP contribution in [-0.2, 0) is 13.1 Å². The molecule has 0 aliphatic rings. The van der Waals surface area contributed by atoms with E-state index in [1.165, 1.54) is 11.1 Å². The van der Waals surface area contributed by atoms with Crippen LogP contribution < -0.4 is 10.6 Å². The molecule has 0 aliphatic heterocycles. The molecule has 0 spiro atoms. The van der Waals surface area contributed by atoms with Gasteiger partial charge < -0.3 is 10.6 Å². The summed E-state index contributed by atoms with van der Waals surface area (Å²) < 4.78 is 0. The molecule has 1 amide bonds. The van der Waals surface area contributed by atoms with E-state index >= 15 is 0 Å². The molecule has 2 aromatic heterocycles. The van der Waals surface area contributed by atoms with Gasteiger partial charge in [0, 0.05) is 37.4 Å². The molecule has 5 nitrogen and oxygen atoms in total. The van der Waals surface area contributed by atoms with Crippen molar-refractivity contribution in [1.29, 1.82) is 0 Å². The zero-order valence-electron chi connectivity index (χ0n) is 14.1. The molecule has 1 aromatic carbocycles. The van der Waals surface area contributed by atoms with E-state index in [2.05, 4.69) is 45.7 Å². The Morgan fingerprint density at radius 2 is 1.80 bits per heavy atom. The average Bonchev–Trinajstić information content (AvgIpc) is 2.65. The summed E-state index contributed by atoms with van der Waals surface area (Å²) in [7, 11) is 0. The molecule has 0 saturated carbocycles. The van der Waals surface area contributed by atoms with Crippen molar-refractivity contribution in [2.75, 3.05) is 5.32 Å². The van der Waals surface area contributed by atoms with E-state index in [4.69, 9.17) is 0 Å². The maximum Gasteiger partial charge on any atom is 0.270 e. The second kappa shape index (κ2) is 8.06. The van der Waals surface area contributed by atoms with Crippen LogP contribution in [0.3, 0.4) is 0 Å². The molecule has 2 N–H and O–H groups in total. The Morgan fingerprint density at radius 1 is 0.960 bits per heavy atom. The Morgan fingerprint density at radius 3 is 2.60 bits per heavy atom. The zero-order chi connectivity index (χ0) is 17.5. The summed E-state index contributed by atoms with van der Waals surface area (Å²) >= 11 is 0. The third kappa shape index (κ3) is 4.88. The Bertz CT molecular complexity index is 849. The Labute approximate surface area is 147 Å². The Balaban J connectivity index is 1.59. The molecule has 0 unspecified atom stereocenters. The summed E-state index contributed by atoms with van der Waals surface area (Å²) in [6, 6.07) is 15.7. The monoisotopic (exact) mass is 332 g/mol. The largest absolute Gasteiger partial charge is 0.381 e. The van der Waals surface area contributed by atoms with Crippen LogP contribution in [0.25, 0.3) is 0 Å². The molecule has 5 heteroatoms. The molecule has 0 bridgehead atoms. The fourth-order valence-corrected chi connectivity index (χ4v) is 2.46. The first-order valence-corrected chi connectivity index (χ1v) is 8.13. The zero-order valence-corrected chi connectivity index (χ0v) is 14.1. The van der Waals surface area contributed by atoms with Gasteiger partial charge in [0.25, 0.3) is 5.91 Å². The van der Waals surface area contributed by atoms with Gasteiger partial charge in [0.15, 0.2) is 0 Å². The van der Waals surface area contributed by atoms with Crippen molar-refractivity contribution >= 4 is 11.6 Å². The third-order valence-electron chi connectivity index (χ3n) is 3.77. The standard InChI is InChI=1S/C20H20N4O/c1-15-3-2-4-17(11-15)14-23-18-7-10-22-19(12-18)20(25)24-13-16-5-8-21-9-6-16/h2-12H,13-14H2,1H3,(H,22,23)(H,24,25). The number of nitrogens with one attached hydrogen (secondary N) is 2. The highest BCUT2D eigenvalue weighted by atomic mass is 16.1. The molecular formula is C20H20N4O. The van der Waals surface area contributed by atoms with Crippen molar-refractivity contribution in [3.05, 3.63) is 89.5 Å². The lowest BCUT2D eigenvalue weighted by atomic mass is 10.1. The van der Waals surface area contributed by atoms with Crippen molar-refractivity contribution in [3.8, 4) is 0 Å². The highest BCUT2D eigenvalue weighted by Gasteiger charge is 2.07. The predicted octanol–water partition coefficient (Wildman–Crippen LogP) is 3.33. The topological polar surface area (TPSA) is 66.9 Å². The predicted molar refractivity (Wildman–Crippen MR) is 98.1 cm³/mol. The van der Waals surface area contributed by atoms with E-state index in [1.54, 1.807) is 24.7 Å². The number of anilines is 1. The third-order valence-corrected chi connectivity index (χ3v) is 3.77. The number of rotatable bonds is 6. The van der Waals surface area contributed by atoms with Gasteiger partial charge >= 0.3 is 0 Å². The first-order valence-electron chi connectivity index (χ1n) is 8.13. The quantitative estimate of drug-likeness (QED) is 0.726. The molecule has 0 fully saturated rings. The van der Waals surface area contributed by atoms with Crippen LogP contribution in [0.1, 0.15) is 27.2 Å². The summed E-state index contributed by atoms with van der Waals surface area (Å²) in [5.41, 5.74) is 4.68. The number of aromatic nitrogens is 2. The number of hydrogen-bond acceptors (Lipinski definition) is 4. The van der Waals surface area contributed by atoms with Gasteiger partial charge in [-0.05, 0) is 42.3 Å². The molecule has 0 radical (unpaired) electrons. The van der Waals surface area contributed by atoms with Crippen molar-refractivity contribution < 1.29 is 4.79 Å². The lowest BCUT2D eigenvalue weighted by Crippen LogP contribution is -2.23. The maximum absolute atomic E-state index is 12.3. The minimum absolute atomic E-state index is 0.198. The van der Waals surface area contributed by atoms with E-state index in [-0.39, 0.29) is 5.91 Å². The van der Waals surface area contributed by atoms with Crippen molar-refractivity contribution in [2.45, 2.75) is 20.0 Å². The van der Waals surface area contributed by atoms with Crippen LogP contribution in [0.15, 0.2) is 67.1 Å². The molecule has 3 rings (SSSR count). The van der Waals surface area contributed by atoms with Crippen LogP contribution in [0.2, 0.25) is 0 Å². The van der Waals surface area contributed by atoms with Crippen molar-refractivity contribution in [2.24, 2.45) is 0 Å². The van der Waals surface area contributed by atoms with Gasteiger partial charge in [-0.2, -0.15) is 0 Å². The Kier molecular flexibility index (Phi) is 5.36. The van der Waals surface area contributed by atoms with Crippen LogP contribution in [0.4, 0.5) is 5.69 Å². The molecule has 0 atom stereocenters. The van der Waals surface area contributed by atoms with Gasteiger partial charge in [-0.25, -0.2) is 0 Å². The van der Waals surface area contributed by atoms with Crippen LogP contribution >= 0.6 is 0 Å². The highest BCUT2D eigenvalue weighted by Crippen LogP contribution is 2.11. The number of nitrogens with zero attached hydrogens (tertiary/aromatic N) is 2. The molecule has 0 saturated heterocycles. The highest BCUT2D eigenvalue weighted by molar-refractivity contribution is 5.93. The Hall–Kier alpha value is -3.21. The molecular weight excluding hydrogens is 312 g/mol. The minimum atomic E-state index is -0.198. The van der Waals surface area contributed by atoms with Gasteiger partial charge in [-0.15, -0.1) is 0 Å². The normalized spacial score (nSPS) is 10.3. The van der Waals surface area contributed by atoms with E-state index in [9.17, 15) is 4.79 Å². The number of benzene rings is 1. The van der Waals surface area contributed by atoms with Gasteiger partial charge in [-0.3, -0.25) is 14.8 Å². The van der Waals surface area contributed by atoms with E-state index in [0.29, 0.717) is 18.8 Å². The first-order chi connectivity index (χ1) is 12.2. The fraction of sp³-hybridized carbons (Fsp3) is 0.150. The first kappa shape index (κ1) is 16.6. The SMILES string of the molecule is Cc1cccc(CNc2ccnc(C(=O)NCc3ccncc3)c2)c1. The molecule has 0 aliphatic carbocycles. The molecule has 2 heterocycles. The summed E-state index contributed by atoms with van der Waals surface area (Å²) in [4.78, 5) is 20.4. The van der Waals surface area contributed by atoms with E-state index in [1.807, 2.05) is 24.3 Å². The minimum Gasteiger partial charge on any atom is -0.381 e. The maximum atomic E-state index is 12.3. The van der Waals surface area contributed by atoms with Gasteiger partial charge in [0.1, 0.15) is 5.69 Å².